The van der Waals surface area contributed by atoms with E-state index in [0.29, 0.717) is 34.2 Å². The lowest BCUT2D eigenvalue weighted by atomic mass is 10.1. The van der Waals surface area contributed by atoms with Crippen molar-refractivity contribution in [1.82, 2.24) is 0 Å². The van der Waals surface area contributed by atoms with E-state index in [1.54, 1.807) is 84.9 Å². The molecular weight excluding hydrogens is 484 g/mol. The number of amides is 4. The quantitative estimate of drug-likeness (QED) is 0.219. The fourth-order valence-corrected chi connectivity index (χ4v) is 3.42. The molecule has 4 aromatic carbocycles. The molecule has 0 heterocycles. The number of aryl methyl sites for hydroxylation is 2. The molecule has 9 nitrogen and oxygen atoms in total. The molecule has 0 bridgehead atoms. The van der Waals surface area contributed by atoms with E-state index >= 15 is 0 Å². The summed E-state index contributed by atoms with van der Waals surface area (Å²) in [5, 5.41) is 10.9. The summed E-state index contributed by atoms with van der Waals surface area (Å²) >= 11 is 0. The Bertz CT molecular complexity index is 1330. The molecule has 4 rings (SSSR count). The molecule has 0 unspecified atom stereocenters. The van der Waals surface area contributed by atoms with E-state index in [1.165, 1.54) is 0 Å². The Morgan fingerprint density at radius 1 is 0.526 bits per heavy atom. The van der Waals surface area contributed by atoms with Crippen molar-refractivity contribution in [3.63, 3.8) is 0 Å². The first kappa shape index (κ1) is 25.8. The molecular formula is C29H26N4O5. The first-order valence-corrected chi connectivity index (χ1v) is 11.7. The summed E-state index contributed by atoms with van der Waals surface area (Å²) in [6, 6.07) is 27.1. The molecule has 0 saturated heterocycles. The van der Waals surface area contributed by atoms with Crippen LogP contribution in [0.15, 0.2) is 97.1 Å². The number of hydrogen-bond acceptors (Lipinski definition) is 5. The lowest BCUT2D eigenvalue weighted by Crippen LogP contribution is -2.21. The van der Waals surface area contributed by atoms with Crippen molar-refractivity contribution in [1.29, 1.82) is 0 Å². The molecule has 9 heteroatoms. The van der Waals surface area contributed by atoms with E-state index in [-0.39, 0.29) is 0 Å². The van der Waals surface area contributed by atoms with Crippen LogP contribution in [-0.4, -0.2) is 18.2 Å². The van der Waals surface area contributed by atoms with Crippen LogP contribution in [0.3, 0.4) is 0 Å². The van der Waals surface area contributed by atoms with Gasteiger partial charge in [0.25, 0.3) is 0 Å². The first-order valence-electron chi connectivity index (χ1n) is 11.7. The Hall–Kier alpha value is -5.31. The van der Waals surface area contributed by atoms with Gasteiger partial charge in [0.15, 0.2) is 0 Å². The van der Waals surface area contributed by atoms with Gasteiger partial charge in [-0.1, -0.05) is 48.5 Å². The Kier molecular flexibility index (Phi) is 8.20. The van der Waals surface area contributed by atoms with Gasteiger partial charge in [-0.25, -0.2) is 14.4 Å². The van der Waals surface area contributed by atoms with Crippen LogP contribution < -0.4 is 30.7 Å². The normalized spacial score (nSPS) is 10.2. The van der Waals surface area contributed by atoms with Gasteiger partial charge in [-0.2, -0.15) is 0 Å². The van der Waals surface area contributed by atoms with Crippen molar-refractivity contribution in [3.05, 3.63) is 108 Å². The van der Waals surface area contributed by atoms with Crippen molar-refractivity contribution in [3.8, 4) is 11.5 Å². The molecule has 38 heavy (non-hydrogen) atoms. The molecule has 4 N–H and O–H groups in total. The maximum atomic E-state index is 12.8. The van der Waals surface area contributed by atoms with Gasteiger partial charge in [0.05, 0.1) is 0 Å². The maximum absolute atomic E-state index is 12.8. The highest BCUT2D eigenvalue weighted by Crippen LogP contribution is 2.24. The van der Waals surface area contributed by atoms with E-state index < -0.39 is 18.2 Å². The van der Waals surface area contributed by atoms with Crippen LogP contribution in [0.1, 0.15) is 11.1 Å². The van der Waals surface area contributed by atoms with Crippen LogP contribution in [0.4, 0.5) is 37.1 Å². The second kappa shape index (κ2) is 12.1. The van der Waals surface area contributed by atoms with Gasteiger partial charge in [0, 0.05) is 22.7 Å². The molecule has 0 spiro atoms. The molecule has 192 valence electrons. The smallest absolute Gasteiger partial charge is 0.410 e. The number of carbonyl (C=O) groups excluding carboxylic acids is 3. The second-order valence-electron chi connectivity index (χ2n) is 8.29. The number of anilines is 4. The molecule has 0 aromatic heterocycles. The van der Waals surface area contributed by atoms with E-state index in [2.05, 4.69) is 21.3 Å². The highest BCUT2D eigenvalue weighted by molar-refractivity contribution is 6.02. The highest BCUT2D eigenvalue weighted by Gasteiger charge is 2.12. The zero-order valence-corrected chi connectivity index (χ0v) is 20.8. The van der Waals surface area contributed by atoms with Crippen LogP contribution in [0.5, 0.6) is 11.5 Å². The van der Waals surface area contributed by atoms with Crippen molar-refractivity contribution in [2.24, 2.45) is 0 Å². The number of ether oxygens (including phenoxy) is 2. The number of rotatable bonds is 6. The summed E-state index contributed by atoms with van der Waals surface area (Å²) < 4.78 is 10.5. The van der Waals surface area contributed by atoms with Gasteiger partial charge in [0.1, 0.15) is 11.5 Å². The molecule has 0 aliphatic carbocycles. The zero-order valence-electron chi connectivity index (χ0n) is 20.8. The minimum absolute atomic E-state index is 0.412. The van der Waals surface area contributed by atoms with E-state index in [1.807, 2.05) is 26.0 Å². The molecule has 0 saturated carbocycles. The molecule has 0 atom stereocenters. The number of nitrogens with one attached hydrogen (secondary N) is 4. The van der Waals surface area contributed by atoms with E-state index in [9.17, 15) is 14.4 Å². The molecule has 0 aliphatic heterocycles. The Morgan fingerprint density at radius 3 is 1.32 bits per heavy atom. The van der Waals surface area contributed by atoms with Gasteiger partial charge in [0.2, 0.25) is 0 Å². The molecule has 0 fully saturated rings. The fourth-order valence-electron chi connectivity index (χ4n) is 3.42. The topological polar surface area (TPSA) is 118 Å². The second-order valence-corrected chi connectivity index (χ2v) is 8.29. The minimum atomic E-state index is -0.652. The van der Waals surface area contributed by atoms with Gasteiger partial charge in [-0.3, -0.25) is 10.6 Å². The van der Waals surface area contributed by atoms with Crippen LogP contribution in [0, 0.1) is 13.8 Å². The number of para-hydroxylation sites is 2. The molecule has 4 aromatic rings. The summed E-state index contributed by atoms with van der Waals surface area (Å²) in [6.07, 6.45) is -1.30. The number of hydrogen-bond donors (Lipinski definition) is 4. The van der Waals surface area contributed by atoms with Gasteiger partial charge in [-0.15, -0.1) is 0 Å². The predicted octanol–water partition coefficient (Wildman–Crippen LogP) is 7.17. The maximum Gasteiger partial charge on any atom is 0.417 e. The summed E-state index contributed by atoms with van der Waals surface area (Å²) in [5.41, 5.74) is 3.48. The Labute approximate surface area is 219 Å². The van der Waals surface area contributed by atoms with Gasteiger partial charge in [-0.05, 0) is 73.5 Å². The average molecular weight is 511 g/mol. The van der Waals surface area contributed by atoms with Gasteiger partial charge >= 0.3 is 18.2 Å². The molecule has 0 aliphatic rings. The van der Waals surface area contributed by atoms with Gasteiger partial charge < -0.3 is 20.1 Å². The Balaban J connectivity index is 1.37. The van der Waals surface area contributed by atoms with Crippen molar-refractivity contribution in [2.75, 3.05) is 21.3 Å². The SMILES string of the molecule is Cc1ccc(NC(=O)Oc2ccccc2)cc1NC(=O)Nc1cc(NC(=O)Oc2ccccc2)ccc1C. The summed E-state index contributed by atoms with van der Waals surface area (Å²) in [7, 11) is 0. The summed E-state index contributed by atoms with van der Waals surface area (Å²) in [5.74, 6) is 0.825. The number of carbonyl (C=O) groups is 3. The first-order chi connectivity index (χ1) is 18.4. The minimum Gasteiger partial charge on any atom is -0.410 e. The van der Waals surface area contributed by atoms with Crippen LogP contribution in [-0.2, 0) is 0 Å². The molecule has 4 amide bonds. The monoisotopic (exact) mass is 510 g/mol. The summed E-state index contributed by atoms with van der Waals surface area (Å²) in [6.45, 7) is 3.66. The average Bonchev–Trinajstić information content (AvgIpc) is 2.89. The van der Waals surface area contributed by atoms with Crippen molar-refractivity contribution < 1.29 is 23.9 Å². The Morgan fingerprint density at radius 2 is 0.921 bits per heavy atom. The van der Waals surface area contributed by atoms with Crippen LogP contribution in [0.2, 0.25) is 0 Å². The third kappa shape index (κ3) is 7.34. The largest absolute Gasteiger partial charge is 0.417 e. The zero-order chi connectivity index (χ0) is 26.9. The van der Waals surface area contributed by atoms with Crippen LogP contribution >= 0.6 is 0 Å². The lowest BCUT2D eigenvalue weighted by molar-refractivity contribution is 0.214. The third-order valence-electron chi connectivity index (χ3n) is 5.37. The third-order valence-corrected chi connectivity index (χ3v) is 5.37. The standard InChI is InChI=1S/C29H26N4O5/c1-19-13-15-21(30-28(35)37-23-9-5-3-6-10-23)17-25(19)32-27(34)33-26-18-22(16-14-20(26)2)31-29(36)38-24-11-7-4-8-12-24/h3-18H,1-2H3,(H,30,35)(H,31,36)(H2,32,33,34). The fraction of sp³-hybridized carbons (Fsp3) is 0.0690. The molecule has 0 radical (unpaired) electrons. The van der Waals surface area contributed by atoms with Crippen LogP contribution in [0.25, 0.3) is 0 Å². The highest BCUT2D eigenvalue weighted by atomic mass is 16.6. The number of urea groups is 1. The van der Waals surface area contributed by atoms with E-state index in [4.69, 9.17) is 9.47 Å². The van der Waals surface area contributed by atoms with Crippen molar-refractivity contribution in [2.45, 2.75) is 13.8 Å². The van der Waals surface area contributed by atoms with E-state index in [0.717, 1.165) is 11.1 Å². The summed E-state index contributed by atoms with van der Waals surface area (Å²) in [4.78, 5) is 37.2. The predicted molar refractivity (Wildman–Crippen MR) is 147 cm³/mol. The number of benzene rings is 4. The lowest BCUT2D eigenvalue weighted by Gasteiger charge is -2.14. The van der Waals surface area contributed by atoms with Crippen molar-refractivity contribution >= 4 is 41.0 Å².